The van der Waals surface area contributed by atoms with Gasteiger partial charge in [0.2, 0.25) is 0 Å². The van der Waals surface area contributed by atoms with E-state index in [4.69, 9.17) is 18.0 Å². The average Bonchev–Trinajstić information content (AvgIpc) is 3.30. The molecule has 0 saturated carbocycles. The second kappa shape index (κ2) is 9.51. The molecule has 1 aliphatic heterocycles. The predicted molar refractivity (Wildman–Crippen MR) is 95.2 cm³/mol. The Hall–Kier alpha value is 0.234. The first-order valence-electron chi connectivity index (χ1n) is 8.33. The van der Waals surface area contributed by atoms with Crippen LogP contribution in [0.1, 0.15) is 12.8 Å². The van der Waals surface area contributed by atoms with Gasteiger partial charge in [-0.25, -0.2) is 0 Å². The van der Waals surface area contributed by atoms with Crippen molar-refractivity contribution < 1.29 is 18.0 Å². The van der Waals surface area contributed by atoms with Crippen molar-refractivity contribution >= 4 is 16.9 Å². The molecule has 1 fully saturated rings. The standard InChI is InChI=1S/C15H35NO4Si2/c1-17-21(4,5)11-7-9-16(13-15-14-20-15)10-8-12-22(6,18-2)19-3/h15H,7-14H2,1-6H3. The van der Waals surface area contributed by atoms with E-state index in [1.807, 2.05) is 7.11 Å². The lowest BCUT2D eigenvalue weighted by Gasteiger charge is -2.27. The monoisotopic (exact) mass is 349 g/mol. The summed E-state index contributed by atoms with van der Waals surface area (Å²) in [4.78, 5) is 2.54. The number of ether oxygens (including phenoxy) is 1. The molecule has 1 unspecified atom stereocenters. The maximum absolute atomic E-state index is 5.64. The van der Waals surface area contributed by atoms with Crippen molar-refractivity contribution in [1.29, 1.82) is 0 Å². The van der Waals surface area contributed by atoms with E-state index in [1.54, 1.807) is 14.2 Å². The van der Waals surface area contributed by atoms with Crippen LogP contribution in [-0.2, 0) is 18.0 Å². The van der Waals surface area contributed by atoms with Gasteiger partial charge >= 0.3 is 8.56 Å². The fourth-order valence-corrected chi connectivity index (χ4v) is 5.09. The number of rotatable bonds is 13. The minimum Gasteiger partial charge on any atom is -0.420 e. The Morgan fingerprint density at radius 2 is 1.50 bits per heavy atom. The minimum absolute atomic E-state index is 0.459. The van der Waals surface area contributed by atoms with E-state index in [0.29, 0.717) is 6.10 Å². The second-order valence-corrected chi connectivity index (χ2v) is 15.0. The van der Waals surface area contributed by atoms with E-state index in [9.17, 15) is 0 Å². The van der Waals surface area contributed by atoms with Crippen LogP contribution in [0.4, 0.5) is 0 Å². The summed E-state index contributed by atoms with van der Waals surface area (Å²) in [5.74, 6) is 0. The van der Waals surface area contributed by atoms with Crippen LogP contribution < -0.4 is 0 Å². The normalized spacial score (nSPS) is 19.0. The van der Waals surface area contributed by atoms with Crippen molar-refractivity contribution in [2.75, 3.05) is 47.6 Å². The van der Waals surface area contributed by atoms with Crippen molar-refractivity contribution in [2.45, 2.75) is 50.7 Å². The van der Waals surface area contributed by atoms with Gasteiger partial charge in [0.1, 0.15) is 0 Å². The number of nitrogens with zero attached hydrogens (tertiary/aromatic N) is 1. The first-order chi connectivity index (χ1) is 10.3. The Balaban J connectivity index is 2.31. The largest absolute Gasteiger partial charge is 0.420 e. The van der Waals surface area contributed by atoms with Gasteiger partial charge in [-0.3, -0.25) is 0 Å². The van der Waals surface area contributed by atoms with Crippen LogP contribution in [0.5, 0.6) is 0 Å². The molecule has 5 nitrogen and oxygen atoms in total. The SMILES string of the molecule is CO[Si](C)(C)CCCN(CCC[Si](C)(OC)OC)CC1CO1. The molecule has 0 aliphatic carbocycles. The fraction of sp³-hybridized carbons (Fsp3) is 1.00. The molecule has 0 N–H and O–H groups in total. The maximum atomic E-state index is 5.64. The van der Waals surface area contributed by atoms with Crippen molar-refractivity contribution in [3.63, 3.8) is 0 Å². The highest BCUT2D eigenvalue weighted by Crippen LogP contribution is 2.18. The van der Waals surface area contributed by atoms with Gasteiger partial charge in [0.25, 0.3) is 0 Å². The third kappa shape index (κ3) is 8.19. The molecular weight excluding hydrogens is 314 g/mol. The summed E-state index contributed by atoms with van der Waals surface area (Å²) in [7, 11) is 2.03. The van der Waals surface area contributed by atoms with Gasteiger partial charge < -0.3 is 22.9 Å². The molecule has 7 heteroatoms. The quantitative estimate of drug-likeness (QED) is 0.378. The minimum atomic E-state index is -1.93. The number of hydrogen-bond acceptors (Lipinski definition) is 5. The molecule has 0 spiro atoms. The third-order valence-electron chi connectivity index (χ3n) is 4.64. The van der Waals surface area contributed by atoms with Gasteiger partial charge in [-0.2, -0.15) is 0 Å². The van der Waals surface area contributed by atoms with Gasteiger partial charge in [-0.05, 0) is 57.7 Å². The summed E-state index contributed by atoms with van der Waals surface area (Å²) in [6.07, 6.45) is 2.80. The zero-order valence-corrected chi connectivity index (χ0v) is 17.3. The summed E-state index contributed by atoms with van der Waals surface area (Å²) < 4.78 is 22.2. The summed E-state index contributed by atoms with van der Waals surface area (Å²) in [6.45, 7) is 10.9. The Kier molecular flexibility index (Phi) is 8.77. The third-order valence-corrected chi connectivity index (χ3v) is 10.3. The Labute approximate surface area is 138 Å². The summed E-state index contributed by atoms with van der Waals surface area (Å²) >= 11 is 0. The first-order valence-corrected chi connectivity index (χ1v) is 14.0. The first kappa shape index (κ1) is 20.3. The Morgan fingerprint density at radius 3 is 1.95 bits per heavy atom. The summed E-state index contributed by atoms with van der Waals surface area (Å²) in [5, 5.41) is 0. The van der Waals surface area contributed by atoms with Crippen LogP contribution in [0.3, 0.4) is 0 Å². The molecule has 1 rings (SSSR count). The highest BCUT2D eigenvalue weighted by molar-refractivity contribution is 6.71. The van der Waals surface area contributed by atoms with Gasteiger partial charge in [-0.1, -0.05) is 0 Å². The van der Waals surface area contributed by atoms with Crippen molar-refractivity contribution in [3.05, 3.63) is 0 Å². The van der Waals surface area contributed by atoms with Gasteiger partial charge in [0, 0.05) is 27.9 Å². The van der Waals surface area contributed by atoms with Crippen LogP contribution in [0.2, 0.25) is 31.7 Å². The van der Waals surface area contributed by atoms with Crippen molar-refractivity contribution in [2.24, 2.45) is 0 Å². The number of epoxide rings is 1. The molecule has 0 aromatic heterocycles. The maximum Gasteiger partial charge on any atom is 0.334 e. The molecule has 1 aliphatic rings. The molecule has 0 aromatic rings. The predicted octanol–water partition coefficient (Wildman–Crippen LogP) is 2.68. The fourth-order valence-electron chi connectivity index (χ4n) is 2.50. The molecular formula is C15H35NO4Si2. The molecule has 0 aromatic carbocycles. The molecule has 1 atom stereocenters. The highest BCUT2D eigenvalue weighted by Gasteiger charge is 2.30. The molecule has 1 saturated heterocycles. The Morgan fingerprint density at radius 1 is 0.955 bits per heavy atom. The average molecular weight is 350 g/mol. The molecule has 0 amide bonds. The van der Waals surface area contributed by atoms with Crippen LogP contribution >= 0.6 is 0 Å². The summed E-state index contributed by atoms with van der Waals surface area (Å²) in [6, 6.07) is 2.26. The molecule has 1 heterocycles. The lowest BCUT2D eigenvalue weighted by atomic mass is 10.3. The van der Waals surface area contributed by atoms with Crippen LogP contribution in [0, 0.1) is 0 Å². The van der Waals surface area contributed by atoms with Gasteiger partial charge in [0.15, 0.2) is 8.32 Å². The molecule has 0 radical (unpaired) electrons. The molecule has 0 bridgehead atoms. The topological polar surface area (TPSA) is 43.5 Å². The van der Waals surface area contributed by atoms with Crippen LogP contribution in [0.15, 0.2) is 0 Å². The zero-order valence-electron chi connectivity index (χ0n) is 15.3. The summed E-state index contributed by atoms with van der Waals surface area (Å²) in [5.41, 5.74) is 0. The number of hydrogen-bond donors (Lipinski definition) is 0. The van der Waals surface area contributed by atoms with E-state index in [-0.39, 0.29) is 0 Å². The Bertz CT molecular complexity index is 310. The zero-order chi connectivity index (χ0) is 16.6. The van der Waals surface area contributed by atoms with E-state index >= 15 is 0 Å². The lowest BCUT2D eigenvalue weighted by Crippen LogP contribution is -2.38. The van der Waals surface area contributed by atoms with Gasteiger partial charge in [-0.15, -0.1) is 0 Å². The molecule has 22 heavy (non-hydrogen) atoms. The van der Waals surface area contributed by atoms with Gasteiger partial charge in [0.05, 0.1) is 12.7 Å². The van der Waals surface area contributed by atoms with E-state index < -0.39 is 16.9 Å². The smallest absolute Gasteiger partial charge is 0.334 e. The highest BCUT2D eigenvalue weighted by atomic mass is 28.4. The lowest BCUT2D eigenvalue weighted by molar-refractivity contribution is 0.227. The van der Waals surface area contributed by atoms with E-state index in [2.05, 4.69) is 24.5 Å². The van der Waals surface area contributed by atoms with Crippen molar-refractivity contribution in [1.82, 2.24) is 4.90 Å². The van der Waals surface area contributed by atoms with Crippen LogP contribution in [0.25, 0.3) is 0 Å². The van der Waals surface area contributed by atoms with E-state index in [0.717, 1.165) is 38.7 Å². The second-order valence-electron chi connectivity index (χ2n) is 6.97. The van der Waals surface area contributed by atoms with Crippen molar-refractivity contribution in [3.8, 4) is 0 Å². The van der Waals surface area contributed by atoms with Crippen LogP contribution in [-0.4, -0.2) is 75.5 Å². The van der Waals surface area contributed by atoms with E-state index in [1.165, 1.54) is 12.5 Å². The molecule has 132 valence electrons.